The molecule has 1 saturated heterocycles. The molecule has 1 aliphatic heterocycles. The SMILES string of the molecule is C[C@@H]1O[C@@H](Oc2ccc(Cl)cc2)[C@H](O)[C@H](OC(=S)Oc2ccc(Cl)cc2)[C@H]1O. The van der Waals surface area contributed by atoms with Crippen molar-refractivity contribution in [2.45, 2.75) is 37.6 Å². The molecule has 0 amide bonds. The van der Waals surface area contributed by atoms with Gasteiger partial charge in [0.2, 0.25) is 6.29 Å². The Hall–Kier alpha value is -1.61. The number of aliphatic hydroxyl groups excluding tert-OH is 2. The van der Waals surface area contributed by atoms with Crippen LogP contribution in [0.5, 0.6) is 11.5 Å². The van der Waals surface area contributed by atoms with Gasteiger partial charge in [-0.05, 0) is 55.5 Å². The van der Waals surface area contributed by atoms with Gasteiger partial charge < -0.3 is 29.2 Å². The molecule has 1 aliphatic rings. The molecule has 0 spiro atoms. The number of halogens is 2. The number of hydrogen-bond donors (Lipinski definition) is 2. The number of benzene rings is 2. The second-order valence-electron chi connectivity index (χ2n) is 6.15. The zero-order valence-electron chi connectivity index (χ0n) is 14.7. The predicted octanol–water partition coefficient (Wildman–Crippen LogP) is 3.59. The quantitative estimate of drug-likeness (QED) is 0.697. The Morgan fingerprint density at radius 3 is 2.04 bits per heavy atom. The van der Waals surface area contributed by atoms with Crippen LogP contribution >= 0.6 is 35.4 Å². The van der Waals surface area contributed by atoms with E-state index in [0.717, 1.165) is 0 Å². The van der Waals surface area contributed by atoms with Crippen LogP contribution in [0, 0.1) is 0 Å². The van der Waals surface area contributed by atoms with Crippen molar-refractivity contribution >= 4 is 40.7 Å². The lowest BCUT2D eigenvalue weighted by Gasteiger charge is -2.40. The molecule has 0 aromatic heterocycles. The highest BCUT2D eigenvalue weighted by molar-refractivity contribution is 7.79. The molecule has 0 radical (unpaired) electrons. The number of ether oxygens (including phenoxy) is 4. The van der Waals surface area contributed by atoms with Crippen molar-refractivity contribution in [2.24, 2.45) is 0 Å². The summed E-state index contributed by atoms with van der Waals surface area (Å²) in [6.45, 7) is 1.63. The van der Waals surface area contributed by atoms with Crippen molar-refractivity contribution in [3.63, 3.8) is 0 Å². The molecule has 2 N–H and O–H groups in total. The Morgan fingerprint density at radius 2 is 1.46 bits per heavy atom. The monoisotopic (exact) mass is 444 g/mol. The van der Waals surface area contributed by atoms with E-state index in [1.807, 2.05) is 0 Å². The van der Waals surface area contributed by atoms with E-state index in [4.69, 9.17) is 54.4 Å². The van der Waals surface area contributed by atoms with Crippen molar-refractivity contribution in [3.8, 4) is 11.5 Å². The average Bonchev–Trinajstić information content (AvgIpc) is 2.67. The predicted molar refractivity (Wildman–Crippen MR) is 108 cm³/mol. The van der Waals surface area contributed by atoms with Gasteiger partial charge in [0, 0.05) is 22.3 Å². The number of thiocarbonyl (C=S) groups is 1. The Morgan fingerprint density at radius 1 is 0.929 bits per heavy atom. The van der Waals surface area contributed by atoms with E-state index in [2.05, 4.69) is 0 Å². The molecule has 6 nitrogen and oxygen atoms in total. The van der Waals surface area contributed by atoms with Crippen LogP contribution in [0.3, 0.4) is 0 Å². The van der Waals surface area contributed by atoms with Crippen LogP contribution in [-0.2, 0) is 9.47 Å². The van der Waals surface area contributed by atoms with Crippen LogP contribution in [-0.4, -0.2) is 46.2 Å². The topological polar surface area (TPSA) is 77.4 Å². The van der Waals surface area contributed by atoms with Gasteiger partial charge in [0.15, 0.2) is 12.2 Å². The minimum Gasteiger partial charge on any atom is -0.462 e. The first-order chi connectivity index (χ1) is 13.3. The van der Waals surface area contributed by atoms with Crippen LogP contribution in [0.25, 0.3) is 0 Å². The fourth-order valence-electron chi connectivity index (χ4n) is 2.61. The van der Waals surface area contributed by atoms with E-state index < -0.39 is 30.7 Å². The standard InChI is InChI=1S/C19H18Cl2O6S/c1-10-15(22)17(27-19(28)26-14-8-4-12(21)5-9-14)16(23)18(24-10)25-13-6-2-11(20)3-7-13/h2-10,15-18,22-23H,1H3/t10-,15-,16+,17+,18-/m0/s1. The van der Waals surface area contributed by atoms with Crippen LogP contribution in [0.1, 0.15) is 6.92 Å². The summed E-state index contributed by atoms with van der Waals surface area (Å²) < 4.78 is 22.1. The molecule has 9 heteroatoms. The van der Waals surface area contributed by atoms with Crippen molar-refractivity contribution < 1.29 is 29.2 Å². The molecule has 150 valence electrons. The smallest absolute Gasteiger partial charge is 0.358 e. The highest BCUT2D eigenvalue weighted by Crippen LogP contribution is 2.27. The summed E-state index contributed by atoms with van der Waals surface area (Å²) in [7, 11) is 0. The molecular weight excluding hydrogens is 427 g/mol. The minimum absolute atomic E-state index is 0.259. The second kappa shape index (κ2) is 9.26. The first-order valence-electron chi connectivity index (χ1n) is 8.41. The highest BCUT2D eigenvalue weighted by Gasteiger charge is 2.46. The summed E-state index contributed by atoms with van der Waals surface area (Å²) in [5, 5.41) is 21.8. The summed E-state index contributed by atoms with van der Waals surface area (Å²) in [6, 6.07) is 13.1. The van der Waals surface area contributed by atoms with Gasteiger partial charge >= 0.3 is 5.24 Å². The van der Waals surface area contributed by atoms with Crippen LogP contribution in [0.4, 0.5) is 0 Å². The molecule has 0 bridgehead atoms. The molecular formula is C19H18Cl2O6S. The summed E-state index contributed by atoms with van der Waals surface area (Å²) in [5.74, 6) is 0.850. The maximum Gasteiger partial charge on any atom is 0.358 e. The van der Waals surface area contributed by atoms with E-state index in [1.165, 1.54) is 0 Å². The third-order valence-corrected chi connectivity index (χ3v) is 4.78. The number of rotatable bonds is 4. The maximum absolute atomic E-state index is 10.6. The van der Waals surface area contributed by atoms with Gasteiger partial charge in [0.05, 0.1) is 6.10 Å². The largest absolute Gasteiger partial charge is 0.462 e. The van der Waals surface area contributed by atoms with Crippen LogP contribution in [0.15, 0.2) is 48.5 Å². The fraction of sp³-hybridized carbons (Fsp3) is 0.316. The van der Waals surface area contributed by atoms with Crippen LogP contribution < -0.4 is 9.47 Å². The van der Waals surface area contributed by atoms with E-state index in [-0.39, 0.29) is 5.24 Å². The van der Waals surface area contributed by atoms with Gasteiger partial charge in [-0.3, -0.25) is 0 Å². The van der Waals surface area contributed by atoms with Crippen molar-refractivity contribution in [1.29, 1.82) is 0 Å². The minimum atomic E-state index is -1.33. The Kier molecular flexibility index (Phi) is 6.98. The van der Waals surface area contributed by atoms with Gasteiger partial charge in [-0.1, -0.05) is 23.2 Å². The van der Waals surface area contributed by atoms with E-state index >= 15 is 0 Å². The van der Waals surface area contributed by atoms with Gasteiger partial charge in [-0.2, -0.15) is 0 Å². The number of hydrogen-bond acceptors (Lipinski definition) is 7. The summed E-state index contributed by atoms with van der Waals surface area (Å²) in [6.07, 6.45) is -5.34. The van der Waals surface area contributed by atoms with Gasteiger partial charge in [-0.15, -0.1) is 0 Å². The number of aliphatic hydroxyl groups is 2. The first kappa shape index (κ1) is 21.1. The lowest BCUT2D eigenvalue weighted by molar-refractivity contribution is -0.266. The van der Waals surface area contributed by atoms with Gasteiger partial charge in [0.1, 0.15) is 17.6 Å². The molecule has 0 aliphatic carbocycles. The zero-order valence-corrected chi connectivity index (χ0v) is 17.0. The zero-order chi connectivity index (χ0) is 20.3. The van der Waals surface area contributed by atoms with Gasteiger partial charge in [-0.25, -0.2) is 0 Å². The maximum atomic E-state index is 10.6. The Labute approximate surface area is 177 Å². The van der Waals surface area contributed by atoms with E-state index in [9.17, 15) is 10.2 Å². The molecule has 28 heavy (non-hydrogen) atoms. The molecule has 0 unspecified atom stereocenters. The molecule has 2 aromatic rings. The molecule has 3 rings (SSSR count). The molecule has 1 fully saturated rings. The van der Waals surface area contributed by atoms with Crippen molar-refractivity contribution in [2.75, 3.05) is 0 Å². The lowest BCUT2D eigenvalue weighted by Crippen LogP contribution is -2.59. The molecule has 0 saturated carbocycles. The van der Waals surface area contributed by atoms with E-state index in [0.29, 0.717) is 21.5 Å². The molecule has 2 aromatic carbocycles. The summed E-state index contributed by atoms with van der Waals surface area (Å²) in [4.78, 5) is 0. The third kappa shape index (κ3) is 5.26. The first-order valence-corrected chi connectivity index (χ1v) is 9.58. The normalized spacial score (nSPS) is 27.1. The lowest BCUT2D eigenvalue weighted by atomic mass is 10.00. The van der Waals surface area contributed by atoms with Crippen molar-refractivity contribution in [1.82, 2.24) is 0 Å². The Bertz CT molecular complexity index is 801. The Balaban J connectivity index is 1.66. The fourth-order valence-corrected chi connectivity index (χ4v) is 3.07. The second-order valence-corrected chi connectivity index (χ2v) is 7.36. The third-order valence-electron chi connectivity index (χ3n) is 4.09. The van der Waals surface area contributed by atoms with E-state index in [1.54, 1.807) is 55.5 Å². The van der Waals surface area contributed by atoms with Crippen molar-refractivity contribution in [3.05, 3.63) is 58.6 Å². The highest BCUT2D eigenvalue weighted by atomic mass is 35.5. The summed E-state index contributed by atoms with van der Waals surface area (Å²) in [5.41, 5.74) is 0. The molecule has 1 heterocycles. The molecule has 5 atom stereocenters. The average molecular weight is 445 g/mol. The van der Waals surface area contributed by atoms with Crippen LogP contribution in [0.2, 0.25) is 10.0 Å². The van der Waals surface area contributed by atoms with Gasteiger partial charge in [0.25, 0.3) is 0 Å². The summed E-state index contributed by atoms with van der Waals surface area (Å²) >= 11 is 16.8.